The number of nitrogens with one attached hydrogen (secondary N) is 1. The molecule has 0 spiro atoms. The lowest BCUT2D eigenvalue weighted by Gasteiger charge is -2.18. The van der Waals surface area contributed by atoms with Crippen LogP contribution in [0, 0.1) is 0 Å². The van der Waals surface area contributed by atoms with Crippen LogP contribution >= 0.6 is 12.2 Å². The maximum Gasteiger partial charge on any atom is 0.224 e. The Bertz CT molecular complexity index is 448. The van der Waals surface area contributed by atoms with Gasteiger partial charge in [-0.15, -0.1) is 5.10 Å². The average molecular weight is 281 g/mol. The molecule has 0 saturated carbocycles. The van der Waals surface area contributed by atoms with Crippen LogP contribution in [-0.2, 0) is 4.79 Å². The van der Waals surface area contributed by atoms with Gasteiger partial charge < -0.3 is 16.0 Å². The Morgan fingerprint density at radius 2 is 2.16 bits per heavy atom. The number of nitrogens with two attached hydrogens (primary N) is 1. The molecule has 0 aromatic carbocycles. The zero-order chi connectivity index (χ0) is 14.3. The van der Waals surface area contributed by atoms with Gasteiger partial charge in [-0.05, 0) is 19.9 Å². The van der Waals surface area contributed by atoms with Crippen molar-refractivity contribution < 1.29 is 4.79 Å². The molecule has 19 heavy (non-hydrogen) atoms. The third-order valence-corrected chi connectivity index (χ3v) is 2.95. The number of nitrogens with zero attached hydrogens (tertiary/aromatic N) is 3. The predicted octanol–water partition coefficient (Wildman–Crippen LogP) is 0.781. The molecule has 0 aliphatic heterocycles. The molecule has 1 heterocycles. The molecule has 1 aromatic heterocycles. The zero-order valence-electron chi connectivity index (χ0n) is 11.2. The first kappa shape index (κ1) is 15.3. The Labute approximate surface area is 118 Å². The Morgan fingerprint density at radius 1 is 1.47 bits per heavy atom. The highest BCUT2D eigenvalue weighted by molar-refractivity contribution is 7.80. The van der Waals surface area contributed by atoms with Crippen LogP contribution in [0.15, 0.2) is 12.3 Å². The minimum atomic E-state index is 0.110. The summed E-state index contributed by atoms with van der Waals surface area (Å²) < 4.78 is 0. The molecule has 3 N–H and O–H groups in total. The second-order valence-corrected chi connectivity index (χ2v) is 4.34. The third kappa shape index (κ3) is 4.44. The molecule has 7 heteroatoms. The number of thiocarbonyl (C=S) groups is 1. The molecule has 0 saturated heterocycles. The lowest BCUT2D eigenvalue weighted by Crippen LogP contribution is -2.31. The van der Waals surface area contributed by atoms with Gasteiger partial charge in [-0.25, -0.2) is 0 Å². The van der Waals surface area contributed by atoms with Gasteiger partial charge in [-0.3, -0.25) is 4.79 Å². The fourth-order valence-corrected chi connectivity index (χ4v) is 1.85. The van der Waals surface area contributed by atoms with Crippen molar-refractivity contribution in [3.05, 3.63) is 17.8 Å². The minimum absolute atomic E-state index is 0.110. The van der Waals surface area contributed by atoms with Gasteiger partial charge in [-0.1, -0.05) is 12.2 Å². The number of aromatic nitrogens is 2. The monoisotopic (exact) mass is 281 g/mol. The van der Waals surface area contributed by atoms with Gasteiger partial charge in [0.15, 0.2) is 5.82 Å². The van der Waals surface area contributed by atoms with Crippen LogP contribution in [0.5, 0.6) is 0 Å². The highest BCUT2D eigenvalue weighted by Gasteiger charge is 2.10. The number of anilines is 1. The minimum Gasteiger partial charge on any atom is -0.389 e. The first-order valence-electron chi connectivity index (χ1n) is 6.23. The van der Waals surface area contributed by atoms with E-state index in [9.17, 15) is 4.79 Å². The molecule has 0 unspecified atom stereocenters. The summed E-state index contributed by atoms with van der Waals surface area (Å²) in [7, 11) is 0. The van der Waals surface area contributed by atoms with Gasteiger partial charge >= 0.3 is 0 Å². The third-order valence-electron chi connectivity index (χ3n) is 2.73. The number of hydrogen-bond donors (Lipinski definition) is 2. The summed E-state index contributed by atoms with van der Waals surface area (Å²) in [6, 6.07) is 1.70. The standard InChI is InChI=1S/C12H19N5OS/c1-3-17(4-2)10(18)6-7-14-12-9(11(13)19)5-8-15-16-12/h5,8H,3-4,6-7H2,1-2H3,(H2,13,19)(H,14,16). The number of carbonyl (C=O) groups excluding carboxylic acids is 1. The predicted molar refractivity (Wildman–Crippen MR) is 79.0 cm³/mol. The molecule has 6 nitrogen and oxygen atoms in total. The molecule has 1 rings (SSSR count). The van der Waals surface area contributed by atoms with Crippen molar-refractivity contribution in [1.82, 2.24) is 15.1 Å². The summed E-state index contributed by atoms with van der Waals surface area (Å²) >= 11 is 4.93. The summed E-state index contributed by atoms with van der Waals surface area (Å²) in [5, 5.41) is 10.7. The van der Waals surface area contributed by atoms with Crippen LogP contribution in [0.4, 0.5) is 5.82 Å². The van der Waals surface area contributed by atoms with Crippen molar-refractivity contribution in [2.75, 3.05) is 25.0 Å². The molecule has 104 valence electrons. The first-order valence-corrected chi connectivity index (χ1v) is 6.64. The summed E-state index contributed by atoms with van der Waals surface area (Å²) in [6.45, 7) is 5.84. The van der Waals surface area contributed by atoms with Crippen LogP contribution in [0.2, 0.25) is 0 Å². The summed E-state index contributed by atoms with van der Waals surface area (Å²) in [5.41, 5.74) is 6.23. The van der Waals surface area contributed by atoms with Gasteiger partial charge in [0.25, 0.3) is 0 Å². The van der Waals surface area contributed by atoms with E-state index in [2.05, 4.69) is 15.5 Å². The van der Waals surface area contributed by atoms with Crippen molar-refractivity contribution in [3.8, 4) is 0 Å². The highest BCUT2D eigenvalue weighted by atomic mass is 32.1. The fraction of sp³-hybridized carbons (Fsp3) is 0.500. The van der Waals surface area contributed by atoms with Crippen LogP contribution < -0.4 is 11.1 Å². The number of hydrogen-bond acceptors (Lipinski definition) is 5. The molecule has 0 aliphatic carbocycles. The second-order valence-electron chi connectivity index (χ2n) is 3.90. The van der Waals surface area contributed by atoms with Crippen LogP contribution in [0.1, 0.15) is 25.8 Å². The summed E-state index contributed by atoms with van der Waals surface area (Å²) in [5.74, 6) is 0.626. The van der Waals surface area contributed by atoms with Crippen LogP contribution in [0.3, 0.4) is 0 Å². The molecule has 0 atom stereocenters. The van der Waals surface area contributed by atoms with Gasteiger partial charge in [-0.2, -0.15) is 5.10 Å². The van der Waals surface area contributed by atoms with E-state index in [-0.39, 0.29) is 10.9 Å². The Balaban J connectivity index is 2.54. The molecular formula is C12H19N5OS. The van der Waals surface area contributed by atoms with E-state index < -0.39 is 0 Å². The van der Waals surface area contributed by atoms with E-state index in [0.29, 0.717) is 24.3 Å². The maximum absolute atomic E-state index is 11.8. The van der Waals surface area contributed by atoms with E-state index in [4.69, 9.17) is 18.0 Å². The van der Waals surface area contributed by atoms with E-state index >= 15 is 0 Å². The first-order chi connectivity index (χ1) is 9.10. The van der Waals surface area contributed by atoms with Gasteiger partial charge in [0.2, 0.25) is 5.91 Å². The van der Waals surface area contributed by atoms with Crippen molar-refractivity contribution >= 4 is 28.9 Å². The zero-order valence-corrected chi connectivity index (χ0v) is 12.0. The average Bonchev–Trinajstić information content (AvgIpc) is 2.40. The molecule has 0 aliphatic rings. The highest BCUT2D eigenvalue weighted by Crippen LogP contribution is 2.09. The van der Waals surface area contributed by atoms with Crippen LogP contribution in [-0.4, -0.2) is 45.6 Å². The van der Waals surface area contributed by atoms with E-state index in [1.807, 2.05) is 13.8 Å². The Morgan fingerprint density at radius 3 is 2.74 bits per heavy atom. The van der Waals surface area contributed by atoms with E-state index in [1.165, 1.54) is 6.20 Å². The maximum atomic E-state index is 11.8. The molecule has 0 bridgehead atoms. The smallest absolute Gasteiger partial charge is 0.224 e. The summed E-state index contributed by atoms with van der Waals surface area (Å²) in [6.07, 6.45) is 1.93. The molecule has 1 aromatic rings. The van der Waals surface area contributed by atoms with Gasteiger partial charge in [0.05, 0.1) is 11.8 Å². The van der Waals surface area contributed by atoms with Crippen molar-refractivity contribution in [2.45, 2.75) is 20.3 Å². The molecular weight excluding hydrogens is 262 g/mol. The summed E-state index contributed by atoms with van der Waals surface area (Å²) in [4.78, 5) is 13.9. The topological polar surface area (TPSA) is 84.1 Å². The van der Waals surface area contributed by atoms with E-state index in [0.717, 1.165) is 13.1 Å². The quantitative estimate of drug-likeness (QED) is 0.719. The largest absolute Gasteiger partial charge is 0.389 e. The van der Waals surface area contributed by atoms with E-state index in [1.54, 1.807) is 11.0 Å². The lowest BCUT2D eigenvalue weighted by molar-refractivity contribution is -0.130. The number of rotatable bonds is 7. The van der Waals surface area contributed by atoms with Crippen molar-refractivity contribution in [1.29, 1.82) is 0 Å². The Kier molecular flexibility index (Phi) is 6.14. The SMILES string of the molecule is CCN(CC)C(=O)CCNc1nnccc1C(N)=S. The number of amides is 1. The number of carbonyl (C=O) groups is 1. The van der Waals surface area contributed by atoms with Gasteiger partial charge in [0.1, 0.15) is 4.99 Å². The van der Waals surface area contributed by atoms with Crippen molar-refractivity contribution in [2.24, 2.45) is 5.73 Å². The fourth-order valence-electron chi connectivity index (χ4n) is 1.68. The van der Waals surface area contributed by atoms with Crippen molar-refractivity contribution in [3.63, 3.8) is 0 Å². The lowest BCUT2D eigenvalue weighted by atomic mass is 10.2. The normalized spacial score (nSPS) is 10.0. The molecule has 0 radical (unpaired) electrons. The second kappa shape index (κ2) is 7.63. The van der Waals surface area contributed by atoms with Crippen LogP contribution in [0.25, 0.3) is 0 Å². The molecule has 1 amide bonds. The van der Waals surface area contributed by atoms with Gasteiger partial charge in [0, 0.05) is 26.1 Å². The Hall–Kier alpha value is -1.76. The molecule has 0 fully saturated rings.